The number of alkyl halides is 3. The lowest BCUT2D eigenvalue weighted by Gasteiger charge is -2.07. The lowest BCUT2D eigenvalue weighted by atomic mass is 10.1. The molecule has 1 aromatic heterocycles. The lowest BCUT2D eigenvalue weighted by Crippen LogP contribution is -2.04. The molecule has 2 rings (SSSR count). The van der Waals surface area contributed by atoms with Gasteiger partial charge < -0.3 is 0 Å². The van der Waals surface area contributed by atoms with Crippen LogP contribution in [0.25, 0.3) is 16.1 Å². The van der Waals surface area contributed by atoms with Gasteiger partial charge in [-0.3, -0.25) is 0 Å². The van der Waals surface area contributed by atoms with Crippen LogP contribution in [0.1, 0.15) is 78.0 Å². The molecule has 0 saturated heterocycles. The van der Waals surface area contributed by atoms with E-state index in [0.29, 0.717) is 16.3 Å². The molecule has 0 spiro atoms. The predicted molar refractivity (Wildman–Crippen MR) is 113 cm³/mol. The second-order valence-corrected chi connectivity index (χ2v) is 7.11. The van der Waals surface area contributed by atoms with E-state index in [1.165, 1.54) is 49.5 Å². The van der Waals surface area contributed by atoms with Gasteiger partial charge >= 0.3 is 6.18 Å². The normalized spacial score (nSPS) is 10.4. The van der Waals surface area contributed by atoms with Crippen LogP contribution in [-0.4, -0.2) is 4.98 Å². The Balaban J connectivity index is 0.000000630. The monoisotopic (exact) mass is 399 g/mol. The van der Waals surface area contributed by atoms with Crippen molar-refractivity contribution in [3.8, 4) is 10.6 Å². The van der Waals surface area contributed by atoms with Crippen molar-refractivity contribution in [1.29, 1.82) is 0 Å². The van der Waals surface area contributed by atoms with Crippen molar-refractivity contribution in [2.24, 2.45) is 0 Å². The molecule has 0 radical (unpaired) electrons. The van der Waals surface area contributed by atoms with Crippen LogP contribution in [-0.2, 0) is 6.18 Å². The Morgan fingerprint density at radius 3 is 2.00 bits per heavy atom. The maximum atomic E-state index is 12.6. The molecule has 27 heavy (non-hydrogen) atoms. The van der Waals surface area contributed by atoms with E-state index >= 15 is 0 Å². The summed E-state index contributed by atoms with van der Waals surface area (Å²) in [5.41, 5.74) is 1.33. The van der Waals surface area contributed by atoms with Gasteiger partial charge in [0.05, 0.1) is 11.3 Å². The summed E-state index contributed by atoms with van der Waals surface area (Å²) in [6.07, 6.45) is 2.39. The molecule has 0 N–H and O–H groups in total. The third-order valence-corrected chi connectivity index (χ3v) is 4.48. The van der Waals surface area contributed by atoms with Gasteiger partial charge in [0.2, 0.25) is 0 Å². The number of thiazole rings is 1. The highest BCUT2D eigenvalue weighted by atomic mass is 32.1. The molecule has 0 aliphatic heterocycles. The highest BCUT2D eigenvalue weighted by molar-refractivity contribution is 7.13. The Hall–Kier alpha value is -1.62. The van der Waals surface area contributed by atoms with Crippen LogP contribution < -0.4 is 0 Å². The number of hydrogen-bond acceptors (Lipinski definition) is 2. The Morgan fingerprint density at radius 2 is 1.63 bits per heavy atom. The summed E-state index contributed by atoms with van der Waals surface area (Å²) >= 11 is 1.31. The molecule has 152 valence electrons. The molecule has 0 aliphatic carbocycles. The minimum Gasteiger partial charge on any atom is -0.236 e. The number of aromatic nitrogens is 1. The average Bonchev–Trinajstić information content (AvgIpc) is 3.13. The quantitative estimate of drug-likeness (QED) is 0.489. The van der Waals surface area contributed by atoms with E-state index in [0.717, 1.165) is 17.7 Å². The second kappa shape index (κ2) is 13.5. The molecule has 2 aromatic rings. The first-order valence-electron chi connectivity index (χ1n) is 9.50. The van der Waals surface area contributed by atoms with Crippen LogP contribution in [0.3, 0.4) is 0 Å². The van der Waals surface area contributed by atoms with Gasteiger partial charge in [0, 0.05) is 10.9 Å². The molecule has 1 heterocycles. The van der Waals surface area contributed by atoms with Crippen LogP contribution in [0.4, 0.5) is 13.2 Å². The fraction of sp³-hybridized carbons (Fsp3) is 0.500. The Labute approximate surface area is 166 Å². The molecule has 5 heteroatoms. The zero-order chi connectivity index (χ0) is 20.9. The largest absolute Gasteiger partial charge is 0.416 e. The molecule has 0 unspecified atom stereocenters. The highest BCUT2D eigenvalue weighted by Gasteiger charge is 2.30. The van der Waals surface area contributed by atoms with Crippen molar-refractivity contribution in [3.63, 3.8) is 0 Å². The first-order chi connectivity index (χ1) is 12.7. The first-order valence-corrected chi connectivity index (χ1v) is 10.4. The molecule has 0 aliphatic rings. The Kier molecular flexibility index (Phi) is 12.7. The van der Waals surface area contributed by atoms with E-state index < -0.39 is 11.7 Å². The summed E-state index contributed by atoms with van der Waals surface area (Å²) in [6.45, 7) is 14.3. The smallest absolute Gasteiger partial charge is 0.236 e. The van der Waals surface area contributed by atoms with Crippen molar-refractivity contribution in [1.82, 2.24) is 4.98 Å². The summed E-state index contributed by atoms with van der Waals surface area (Å²) in [4.78, 5) is 4.25. The second-order valence-electron chi connectivity index (χ2n) is 6.25. The molecule has 0 amide bonds. The van der Waals surface area contributed by atoms with Crippen LogP contribution >= 0.6 is 11.3 Å². The van der Waals surface area contributed by atoms with Gasteiger partial charge in [-0.05, 0) is 24.6 Å². The van der Waals surface area contributed by atoms with Crippen molar-refractivity contribution in [3.05, 3.63) is 47.5 Å². The van der Waals surface area contributed by atoms with E-state index in [4.69, 9.17) is 0 Å². The van der Waals surface area contributed by atoms with Crippen LogP contribution in [0.5, 0.6) is 0 Å². The van der Waals surface area contributed by atoms with Gasteiger partial charge in [-0.2, -0.15) is 13.2 Å². The average molecular weight is 400 g/mol. The minimum absolute atomic E-state index is 0.474. The van der Waals surface area contributed by atoms with Crippen molar-refractivity contribution in [2.45, 2.75) is 72.9 Å². The fourth-order valence-electron chi connectivity index (χ4n) is 1.78. The molecule has 0 fully saturated rings. The predicted octanol–water partition coefficient (Wildman–Crippen LogP) is 8.86. The van der Waals surface area contributed by atoms with Crippen molar-refractivity contribution in [2.75, 3.05) is 0 Å². The summed E-state index contributed by atoms with van der Waals surface area (Å²) in [5, 5.41) is 2.36. The van der Waals surface area contributed by atoms with Crippen LogP contribution in [0.15, 0.2) is 36.2 Å². The van der Waals surface area contributed by atoms with Crippen molar-refractivity contribution >= 4 is 16.9 Å². The number of nitrogens with zero attached hydrogens (tertiary/aromatic N) is 1. The third-order valence-electron chi connectivity index (χ3n) is 3.59. The molecule has 0 bridgehead atoms. The highest BCUT2D eigenvalue weighted by Crippen LogP contribution is 2.33. The molecule has 1 nitrogen and oxygen atoms in total. The summed E-state index contributed by atoms with van der Waals surface area (Å²) in [6, 6.07) is 5.17. The number of unbranched alkanes of at least 4 members (excludes halogenated alkanes) is 3. The SMILES string of the molecule is C=C(C)c1csc(-c2cccc(C(F)(F)F)c2)n1.CCCC.CCCCC. The summed E-state index contributed by atoms with van der Waals surface area (Å²) in [7, 11) is 0. The molecule has 1 aromatic carbocycles. The number of rotatable bonds is 5. The Bertz CT molecular complexity index is 656. The molecular formula is C22H32F3NS. The van der Waals surface area contributed by atoms with Crippen molar-refractivity contribution < 1.29 is 13.2 Å². The van der Waals surface area contributed by atoms with Gasteiger partial charge in [0.1, 0.15) is 5.01 Å². The summed E-state index contributed by atoms with van der Waals surface area (Å²) in [5.74, 6) is 0. The topological polar surface area (TPSA) is 12.9 Å². The zero-order valence-electron chi connectivity index (χ0n) is 17.1. The van der Waals surface area contributed by atoms with E-state index in [-0.39, 0.29) is 0 Å². The van der Waals surface area contributed by atoms with E-state index in [2.05, 4.69) is 39.3 Å². The molecular weight excluding hydrogens is 367 g/mol. The number of halogens is 3. The van der Waals surface area contributed by atoms with Gasteiger partial charge in [-0.25, -0.2) is 4.98 Å². The van der Waals surface area contributed by atoms with Gasteiger partial charge in [0.25, 0.3) is 0 Å². The Morgan fingerprint density at radius 1 is 1.04 bits per heavy atom. The summed E-state index contributed by atoms with van der Waals surface area (Å²) < 4.78 is 37.8. The maximum absolute atomic E-state index is 12.6. The number of benzene rings is 1. The van der Waals surface area contributed by atoms with Crippen LogP contribution in [0.2, 0.25) is 0 Å². The fourth-order valence-corrected chi connectivity index (χ4v) is 2.68. The molecule has 0 atom stereocenters. The van der Waals surface area contributed by atoms with Gasteiger partial charge in [-0.15, -0.1) is 11.3 Å². The van der Waals surface area contributed by atoms with Gasteiger partial charge in [-0.1, -0.05) is 78.5 Å². The van der Waals surface area contributed by atoms with E-state index in [1.54, 1.807) is 11.4 Å². The number of hydrogen-bond donors (Lipinski definition) is 0. The maximum Gasteiger partial charge on any atom is 0.416 e. The van der Waals surface area contributed by atoms with Crippen LogP contribution in [0, 0.1) is 0 Å². The third kappa shape index (κ3) is 10.3. The standard InChI is InChI=1S/C13H10F3NS.C5H12.C4H10/c1-8(2)11-7-18-12(17-11)9-4-3-5-10(6-9)13(14,15)16;1-3-5-4-2;1-3-4-2/h3-7H,1H2,2H3;3-5H2,1-2H3;3-4H2,1-2H3. The van der Waals surface area contributed by atoms with Gasteiger partial charge in [0.15, 0.2) is 0 Å². The van der Waals surface area contributed by atoms with E-state index in [9.17, 15) is 13.2 Å². The minimum atomic E-state index is -4.33. The first kappa shape index (κ1) is 25.4. The van der Waals surface area contributed by atoms with E-state index in [1.807, 2.05) is 6.92 Å². The lowest BCUT2D eigenvalue weighted by molar-refractivity contribution is -0.137. The zero-order valence-corrected chi connectivity index (χ0v) is 17.9. The number of allylic oxidation sites excluding steroid dienone is 1. The molecule has 0 saturated carbocycles.